The number of carboxylic acid groups (broad SMARTS) is 1. The van der Waals surface area contributed by atoms with Gasteiger partial charge in [0, 0.05) is 10.9 Å². The number of carbonyl (C=O) groups excluding carboxylic acids is 2. The van der Waals surface area contributed by atoms with E-state index < -0.39 is 5.97 Å². The molecule has 1 aromatic heterocycles. The molecule has 0 fully saturated rings. The molecule has 0 saturated carbocycles. The van der Waals surface area contributed by atoms with Gasteiger partial charge >= 0.3 is 5.97 Å². The first-order valence-electron chi connectivity index (χ1n) is 10.2. The lowest BCUT2D eigenvalue weighted by Gasteiger charge is -2.14. The Labute approximate surface area is 183 Å². The van der Waals surface area contributed by atoms with Gasteiger partial charge < -0.3 is 5.11 Å². The van der Waals surface area contributed by atoms with Gasteiger partial charge in [0.15, 0.2) is 0 Å². The number of hydrogen-bond acceptors (Lipinski definition) is 4. The third-order valence-electron chi connectivity index (χ3n) is 5.73. The van der Waals surface area contributed by atoms with E-state index in [4.69, 9.17) is 0 Å². The number of imide groups is 1. The number of carboxylic acids is 1. The zero-order valence-electron chi connectivity index (χ0n) is 17.2. The Morgan fingerprint density at radius 3 is 2.16 bits per heavy atom. The lowest BCUT2D eigenvalue weighted by molar-refractivity contribution is 0.0698. The first-order chi connectivity index (χ1) is 15.5. The number of aromatic carboxylic acids is 1. The van der Waals surface area contributed by atoms with E-state index in [-0.39, 0.29) is 17.4 Å². The van der Waals surface area contributed by atoms with Crippen LogP contribution < -0.4 is 4.90 Å². The summed E-state index contributed by atoms with van der Waals surface area (Å²) in [4.78, 5) is 43.1. The van der Waals surface area contributed by atoms with Gasteiger partial charge in [-0.1, -0.05) is 37.3 Å². The number of carbonyl (C=O) groups is 3. The van der Waals surface area contributed by atoms with Gasteiger partial charge in [0.1, 0.15) is 0 Å². The Bertz CT molecular complexity index is 1390. The normalized spacial score (nSPS) is 13.0. The minimum Gasteiger partial charge on any atom is -0.478 e. The fourth-order valence-corrected chi connectivity index (χ4v) is 4.02. The van der Waals surface area contributed by atoms with E-state index in [0.29, 0.717) is 39.0 Å². The maximum Gasteiger partial charge on any atom is 0.336 e. The molecule has 1 aliphatic rings. The molecule has 0 radical (unpaired) electrons. The molecule has 0 bridgehead atoms. The van der Waals surface area contributed by atoms with Crippen LogP contribution in [0.4, 0.5) is 5.69 Å². The SMILES string of the molecule is CCc1ccc2nc(-c3ccc(N4C(=O)c5ccccc5C4=O)cc3)cc(C(=O)O)c2c1. The molecule has 0 spiro atoms. The Hall–Kier alpha value is -4.32. The number of nitrogens with zero attached hydrogens (tertiary/aromatic N) is 2. The van der Waals surface area contributed by atoms with E-state index in [0.717, 1.165) is 16.9 Å². The molecule has 156 valence electrons. The maximum absolute atomic E-state index is 12.7. The fraction of sp³-hybridized carbons (Fsp3) is 0.0769. The van der Waals surface area contributed by atoms with Crippen LogP contribution >= 0.6 is 0 Å². The summed E-state index contributed by atoms with van der Waals surface area (Å²) in [6.07, 6.45) is 0.802. The van der Waals surface area contributed by atoms with Gasteiger partial charge in [0.25, 0.3) is 11.8 Å². The number of aromatic nitrogens is 1. The van der Waals surface area contributed by atoms with Gasteiger partial charge in [-0.3, -0.25) is 9.59 Å². The second kappa shape index (κ2) is 7.42. The van der Waals surface area contributed by atoms with Crippen molar-refractivity contribution in [1.82, 2.24) is 4.98 Å². The predicted molar refractivity (Wildman–Crippen MR) is 121 cm³/mol. The summed E-state index contributed by atoms with van der Waals surface area (Å²) in [6, 6.07) is 20.7. The number of anilines is 1. The number of aryl methyl sites for hydroxylation is 1. The van der Waals surface area contributed by atoms with Crippen molar-refractivity contribution in [2.24, 2.45) is 0 Å². The lowest BCUT2D eigenvalue weighted by atomic mass is 10.0. The predicted octanol–water partition coefficient (Wildman–Crippen LogP) is 4.96. The highest BCUT2D eigenvalue weighted by Gasteiger charge is 2.36. The largest absolute Gasteiger partial charge is 0.478 e. The topological polar surface area (TPSA) is 87.6 Å². The van der Waals surface area contributed by atoms with Crippen molar-refractivity contribution in [2.45, 2.75) is 13.3 Å². The molecule has 3 aromatic carbocycles. The van der Waals surface area contributed by atoms with Crippen molar-refractivity contribution in [1.29, 1.82) is 0 Å². The number of benzene rings is 3. The highest BCUT2D eigenvalue weighted by atomic mass is 16.4. The molecule has 1 aliphatic heterocycles. The van der Waals surface area contributed by atoms with Gasteiger partial charge in [-0.15, -0.1) is 0 Å². The number of rotatable bonds is 4. The minimum atomic E-state index is -1.02. The van der Waals surface area contributed by atoms with Crippen LogP contribution in [0.2, 0.25) is 0 Å². The van der Waals surface area contributed by atoms with Crippen molar-refractivity contribution in [3.8, 4) is 11.3 Å². The fourth-order valence-electron chi connectivity index (χ4n) is 4.02. The van der Waals surface area contributed by atoms with Gasteiger partial charge in [0.05, 0.1) is 33.6 Å². The lowest BCUT2D eigenvalue weighted by Crippen LogP contribution is -2.29. The smallest absolute Gasteiger partial charge is 0.336 e. The standard InChI is InChI=1S/C26H18N2O4/c1-2-15-7-12-22-20(13-15)21(26(31)32)14-23(27-22)16-8-10-17(11-9-16)28-24(29)18-5-3-4-6-19(18)25(28)30/h3-14H,2H2,1H3,(H,31,32). The summed E-state index contributed by atoms with van der Waals surface area (Å²) in [7, 11) is 0. The Kier molecular flexibility index (Phi) is 4.56. The molecule has 0 atom stereocenters. The van der Waals surface area contributed by atoms with Crippen molar-refractivity contribution in [3.05, 3.63) is 95.1 Å². The van der Waals surface area contributed by atoms with Crippen LogP contribution in [0.15, 0.2) is 72.8 Å². The van der Waals surface area contributed by atoms with Gasteiger partial charge in [0.2, 0.25) is 0 Å². The summed E-state index contributed by atoms with van der Waals surface area (Å²) in [5.74, 6) is -1.74. The van der Waals surface area contributed by atoms with Crippen molar-refractivity contribution in [3.63, 3.8) is 0 Å². The third-order valence-corrected chi connectivity index (χ3v) is 5.73. The Morgan fingerprint density at radius 1 is 0.906 bits per heavy atom. The highest BCUT2D eigenvalue weighted by molar-refractivity contribution is 6.34. The summed E-state index contributed by atoms with van der Waals surface area (Å²) < 4.78 is 0. The van der Waals surface area contributed by atoms with Gasteiger partial charge in [-0.05, 0) is 54.4 Å². The third kappa shape index (κ3) is 3.04. The summed E-state index contributed by atoms with van der Waals surface area (Å²) in [5, 5.41) is 10.3. The van der Waals surface area contributed by atoms with Crippen LogP contribution in [-0.4, -0.2) is 27.9 Å². The minimum absolute atomic E-state index is 0.185. The molecule has 0 saturated heterocycles. The molecular formula is C26H18N2O4. The second-order valence-electron chi connectivity index (χ2n) is 7.60. The quantitative estimate of drug-likeness (QED) is 0.470. The summed E-state index contributed by atoms with van der Waals surface area (Å²) in [6.45, 7) is 2.01. The second-order valence-corrected chi connectivity index (χ2v) is 7.60. The summed E-state index contributed by atoms with van der Waals surface area (Å²) in [5.41, 5.74) is 4.24. The molecule has 0 aliphatic carbocycles. The molecule has 6 heteroatoms. The van der Waals surface area contributed by atoms with E-state index >= 15 is 0 Å². The van der Waals surface area contributed by atoms with E-state index in [2.05, 4.69) is 4.98 Å². The number of pyridine rings is 1. The van der Waals surface area contributed by atoms with Crippen molar-refractivity contribution < 1.29 is 19.5 Å². The van der Waals surface area contributed by atoms with E-state index in [1.54, 1.807) is 54.6 Å². The molecule has 4 aromatic rings. The molecule has 2 heterocycles. The molecule has 1 N–H and O–H groups in total. The number of hydrogen-bond donors (Lipinski definition) is 1. The van der Waals surface area contributed by atoms with E-state index in [1.165, 1.54) is 0 Å². The zero-order chi connectivity index (χ0) is 22.4. The average Bonchev–Trinajstić information content (AvgIpc) is 3.08. The van der Waals surface area contributed by atoms with Crippen LogP contribution in [0.25, 0.3) is 22.2 Å². The Balaban J connectivity index is 1.54. The molecule has 0 unspecified atom stereocenters. The monoisotopic (exact) mass is 422 g/mol. The molecule has 2 amide bonds. The van der Waals surface area contributed by atoms with E-state index in [9.17, 15) is 19.5 Å². The number of fused-ring (bicyclic) bond motifs is 2. The van der Waals surface area contributed by atoms with E-state index in [1.807, 2.05) is 25.1 Å². The first kappa shape index (κ1) is 19.6. The molecule has 5 rings (SSSR count). The zero-order valence-corrected chi connectivity index (χ0v) is 17.2. The van der Waals surface area contributed by atoms with Gasteiger partial charge in [-0.2, -0.15) is 0 Å². The molecule has 32 heavy (non-hydrogen) atoms. The summed E-state index contributed by atoms with van der Waals surface area (Å²) >= 11 is 0. The van der Waals surface area contributed by atoms with Crippen LogP contribution in [-0.2, 0) is 6.42 Å². The first-order valence-corrected chi connectivity index (χ1v) is 10.2. The Morgan fingerprint density at radius 2 is 1.56 bits per heavy atom. The molecule has 6 nitrogen and oxygen atoms in total. The van der Waals surface area contributed by atoms with Crippen molar-refractivity contribution in [2.75, 3.05) is 4.90 Å². The van der Waals surface area contributed by atoms with Crippen LogP contribution in [0.3, 0.4) is 0 Å². The van der Waals surface area contributed by atoms with Crippen molar-refractivity contribution >= 4 is 34.4 Å². The van der Waals surface area contributed by atoms with Gasteiger partial charge in [-0.25, -0.2) is 14.7 Å². The average molecular weight is 422 g/mol. The highest BCUT2D eigenvalue weighted by Crippen LogP contribution is 2.31. The molecular weight excluding hydrogens is 404 g/mol. The number of amides is 2. The van der Waals surface area contributed by atoms with Crippen LogP contribution in [0.1, 0.15) is 43.6 Å². The maximum atomic E-state index is 12.7. The van der Waals surface area contributed by atoms with Crippen LogP contribution in [0.5, 0.6) is 0 Å². The van der Waals surface area contributed by atoms with Crippen LogP contribution in [0, 0.1) is 0 Å².